The Morgan fingerprint density at radius 1 is 1.16 bits per heavy atom. The Kier molecular flexibility index (Phi) is 3.97. The van der Waals surface area contributed by atoms with Gasteiger partial charge in [0, 0.05) is 18.5 Å². The highest BCUT2D eigenvalue weighted by Crippen LogP contribution is 2.38. The molecule has 1 saturated carbocycles. The number of piperidine rings is 1. The molecule has 0 aromatic heterocycles. The molecular formula is C16H21ClFN. The molecule has 0 N–H and O–H groups in total. The number of halogens is 2. The highest BCUT2D eigenvalue weighted by Gasteiger charge is 2.34. The van der Waals surface area contributed by atoms with Crippen molar-refractivity contribution in [3.8, 4) is 0 Å². The third-order valence-electron chi connectivity index (χ3n) is 4.72. The normalized spacial score (nSPS) is 27.2. The van der Waals surface area contributed by atoms with Crippen LogP contribution in [0.5, 0.6) is 0 Å². The minimum atomic E-state index is -0.107. The molecule has 0 spiro atoms. The molecule has 1 aromatic rings. The van der Waals surface area contributed by atoms with Crippen LogP contribution in [0, 0.1) is 11.7 Å². The van der Waals surface area contributed by atoms with Crippen LogP contribution in [0.4, 0.5) is 10.1 Å². The summed E-state index contributed by atoms with van der Waals surface area (Å²) in [4.78, 5) is 2.32. The maximum atomic E-state index is 14.3. The smallest absolute Gasteiger partial charge is 0.146 e. The fourth-order valence-electron chi connectivity index (χ4n) is 3.79. The zero-order chi connectivity index (χ0) is 13.2. The zero-order valence-electron chi connectivity index (χ0n) is 11.2. The average molecular weight is 282 g/mol. The van der Waals surface area contributed by atoms with Gasteiger partial charge in [-0.1, -0.05) is 18.9 Å². The number of nitrogens with zero attached hydrogens (tertiary/aromatic N) is 1. The molecule has 0 unspecified atom stereocenters. The van der Waals surface area contributed by atoms with Gasteiger partial charge in [-0.2, -0.15) is 0 Å². The van der Waals surface area contributed by atoms with Crippen LogP contribution < -0.4 is 4.90 Å². The quantitative estimate of drug-likeness (QED) is 0.709. The molecule has 0 amide bonds. The van der Waals surface area contributed by atoms with Gasteiger partial charge in [0.2, 0.25) is 0 Å². The van der Waals surface area contributed by atoms with E-state index in [9.17, 15) is 4.39 Å². The number of hydrogen-bond acceptors (Lipinski definition) is 1. The fourth-order valence-corrected chi connectivity index (χ4v) is 3.96. The lowest BCUT2D eigenvalue weighted by molar-refractivity contribution is 0.242. The molecule has 1 aromatic carbocycles. The SMILES string of the molecule is Fc1cc(CCl)ccc1N1CCC[C@H]2CCCC[C@H]21. The van der Waals surface area contributed by atoms with Crippen LogP contribution >= 0.6 is 11.6 Å². The second-order valence-corrected chi connectivity index (χ2v) is 6.13. The lowest BCUT2D eigenvalue weighted by Gasteiger charge is -2.45. The number of rotatable bonds is 2. The standard InChI is InChI=1S/C16H21ClFN/c17-11-12-7-8-16(14(18)10-12)19-9-3-5-13-4-1-2-6-15(13)19/h7-8,10,13,15H,1-6,9,11H2/t13-,15-/m1/s1. The van der Waals surface area contributed by atoms with Gasteiger partial charge in [-0.05, 0) is 49.3 Å². The second-order valence-electron chi connectivity index (χ2n) is 5.87. The molecule has 1 aliphatic carbocycles. The van der Waals surface area contributed by atoms with E-state index in [1.165, 1.54) is 38.5 Å². The molecule has 2 atom stereocenters. The molecule has 1 heterocycles. The number of hydrogen-bond donors (Lipinski definition) is 0. The Bertz CT molecular complexity index is 446. The van der Waals surface area contributed by atoms with E-state index in [0.29, 0.717) is 11.9 Å². The summed E-state index contributed by atoms with van der Waals surface area (Å²) >= 11 is 5.77. The Morgan fingerprint density at radius 3 is 2.74 bits per heavy atom. The maximum Gasteiger partial charge on any atom is 0.146 e. The summed E-state index contributed by atoms with van der Waals surface area (Å²) in [5, 5.41) is 0. The van der Waals surface area contributed by atoms with Crippen molar-refractivity contribution in [2.24, 2.45) is 5.92 Å². The van der Waals surface area contributed by atoms with E-state index in [1.54, 1.807) is 6.07 Å². The molecule has 1 nitrogen and oxygen atoms in total. The van der Waals surface area contributed by atoms with E-state index in [4.69, 9.17) is 11.6 Å². The van der Waals surface area contributed by atoms with E-state index in [2.05, 4.69) is 4.90 Å². The van der Waals surface area contributed by atoms with Crippen LogP contribution in [-0.4, -0.2) is 12.6 Å². The van der Waals surface area contributed by atoms with Crippen molar-refractivity contribution in [2.75, 3.05) is 11.4 Å². The predicted octanol–water partition coefficient (Wildman–Crippen LogP) is 4.72. The van der Waals surface area contributed by atoms with Crippen molar-refractivity contribution in [2.45, 2.75) is 50.4 Å². The average Bonchev–Trinajstić information content (AvgIpc) is 2.46. The van der Waals surface area contributed by atoms with Gasteiger partial charge in [-0.3, -0.25) is 0 Å². The molecule has 2 fully saturated rings. The summed E-state index contributed by atoms with van der Waals surface area (Å²) in [5.41, 5.74) is 1.64. The minimum absolute atomic E-state index is 0.107. The van der Waals surface area contributed by atoms with Gasteiger partial charge in [-0.15, -0.1) is 11.6 Å². The Balaban J connectivity index is 1.87. The first-order valence-corrected chi connectivity index (χ1v) is 7.94. The molecular weight excluding hydrogens is 261 g/mol. The monoisotopic (exact) mass is 281 g/mol. The first-order valence-electron chi connectivity index (χ1n) is 7.40. The molecule has 0 radical (unpaired) electrons. The van der Waals surface area contributed by atoms with Crippen molar-refractivity contribution in [3.63, 3.8) is 0 Å². The van der Waals surface area contributed by atoms with Gasteiger partial charge in [0.15, 0.2) is 0 Å². The summed E-state index contributed by atoms with van der Waals surface area (Å²) in [6.45, 7) is 0.998. The first-order chi connectivity index (χ1) is 9.29. The number of anilines is 1. The van der Waals surface area contributed by atoms with E-state index in [-0.39, 0.29) is 5.82 Å². The molecule has 1 aliphatic heterocycles. The third kappa shape index (κ3) is 2.60. The van der Waals surface area contributed by atoms with Crippen LogP contribution in [0.2, 0.25) is 0 Å². The van der Waals surface area contributed by atoms with Crippen molar-refractivity contribution in [1.82, 2.24) is 0 Å². The summed E-state index contributed by atoms with van der Waals surface area (Å²) in [6.07, 6.45) is 7.70. The van der Waals surface area contributed by atoms with Crippen molar-refractivity contribution in [1.29, 1.82) is 0 Å². The Labute approximate surface area is 119 Å². The van der Waals surface area contributed by atoms with Crippen molar-refractivity contribution >= 4 is 17.3 Å². The maximum absolute atomic E-state index is 14.3. The number of fused-ring (bicyclic) bond motifs is 1. The van der Waals surface area contributed by atoms with Gasteiger partial charge in [0.25, 0.3) is 0 Å². The first kappa shape index (κ1) is 13.2. The van der Waals surface area contributed by atoms with E-state index < -0.39 is 0 Å². The number of alkyl halides is 1. The molecule has 104 valence electrons. The summed E-state index contributed by atoms with van der Waals surface area (Å²) in [5.74, 6) is 1.04. The van der Waals surface area contributed by atoms with Crippen molar-refractivity contribution < 1.29 is 4.39 Å². The highest BCUT2D eigenvalue weighted by molar-refractivity contribution is 6.17. The summed E-state index contributed by atoms with van der Waals surface area (Å²) in [6, 6.07) is 6.02. The molecule has 3 heteroatoms. The fraction of sp³-hybridized carbons (Fsp3) is 0.625. The zero-order valence-corrected chi connectivity index (χ0v) is 12.0. The van der Waals surface area contributed by atoms with Gasteiger partial charge >= 0.3 is 0 Å². The molecule has 1 saturated heterocycles. The Morgan fingerprint density at radius 2 is 1.95 bits per heavy atom. The van der Waals surface area contributed by atoms with Gasteiger partial charge < -0.3 is 4.90 Å². The van der Waals surface area contributed by atoms with Gasteiger partial charge in [0.05, 0.1) is 5.69 Å². The largest absolute Gasteiger partial charge is 0.366 e. The highest BCUT2D eigenvalue weighted by atomic mass is 35.5. The van der Waals surface area contributed by atoms with Crippen molar-refractivity contribution in [3.05, 3.63) is 29.6 Å². The van der Waals surface area contributed by atoms with Gasteiger partial charge in [0.1, 0.15) is 5.82 Å². The second kappa shape index (κ2) is 5.70. The lowest BCUT2D eigenvalue weighted by atomic mass is 9.78. The van der Waals surface area contributed by atoms with Crippen LogP contribution in [0.25, 0.3) is 0 Å². The van der Waals surface area contributed by atoms with Crippen LogP contribution in [-0.2, 0) is 5.88 Å². The Hall–Kier alpha value is -0.760. The van der Waals surface area contributed by atoms with Gasteiger partial charge in [-0.25, -0.2) is 4.39 Å². The lowest BCUT2D eigenvalue weighted by Crippen LogP contribution is -2.47. The third-order valence-corrected chi connectivity index (χ3v) is 5.03. The van der Waals surface area contributed by atoms with E-state index >= 15 is 0 Å². The topological polar surface area (TPSA) is 3.24 Å². The summed E-state index contributed by atoms with van der Waals surface area (Å²) < 4.78 is 14.3. The number of benzene rings is 1. The molecule has 3 rings (SSSR count). The molecule has 0 bridgehead atoms. The minimum Gasteiger partial charge on any atom is -0.366 e. The molecule has 2 aliphatic rings. The van der Waals surface area contributed by atoms with E-state index in [0.717, 1.165) is 23.7 Å². The predicted molar refractivity (Wildman–Crippen MR) is 78.3 cm³/mol. The van der Waals surface area contributed by atoms with Crippen LogP contribution in [0.1, 0.15) is 44.1 Å². The molecule has 19 heavy (non-hydrogen) atoms. The van der Waals surface area contributed by atoms with Crippen LogP contribution in [0.3, 0.4) is 0 Å². The van der Waals surface area contributed by atoms with Crippen LogP contribution in [0.15, 0.2) is 18.2 Å². The van der Waals surface area contributed by atoms with E-state index in [1.807, 2.05) is 12.1 Å². The summed E-state index contributed by atoms with van der Waals surface area (Å²) in [7, 11) is 0.